The Balaban J connectivity index is 2.31. The van der Waals surface area contributed by atoms with E-state index in [0.29, 0.717) is 0 Å². The zero-order valence-corrected chi connectivity index (χ0v) is 16.9. The topological polar surface area (TPSA) is 84.0 Å². The fourth-order valence-electron chi connectivity index (χ4n) is 2.10. The van der Waals surface area contributed by atoms with Crippen molar-refractivity contribution in [1.82, 2.24) is 4.90 Å². The maximum Gasteiger partial charge on any atom is 0.340 e. The van der Waals surface area contributed by atoms with Gasteiger partial charge in [-0.05, 0) is 42.5 Å². The van der Waals surface area contributed by atoms with Crippen molar-refractivity contribution < 1.29 is 27.1 Å². The van der Waals surface area contributed by atoms with Crippen molar-refractivity contribution in [1.29, 1.82) is 0 Å². The van der Waals surface area contributed by atoms with Crippen LogP contribution in [0, 0.1) is 5.82 Å². The summed E-state index contributed by atoms with van der Waals surface area (Å²) < 4.78 is 44.6. The van der Waals surface area contributed by atoms with Gasteiger partial charge in [-0.15, -0.1) is 0 Å². The lowest BCUT2D eigenvalue weighted by Gasteiger charge is -2.20. The van der Waals surface area contributed by atoms with Gasteiger partial charge in [-0.25, -0.2) is 17.6 Å². The minimum Gasteiger partial charge on any atom is -0.452 e. The maximum absolute atomic E-state index is 13.1. The van der Waals surface area contributed by atoms with Crippen molar-refractivity contribution in [2.45, 2.75) is 4.90 Å². The molecule has 0 unspecified atom stereocenters. The minimum atomic E-state index is -4.05. The second kappa shape index (κ2) is 8.57. The van der Waals surface area contributed by atoms with E-state index in [2.05, 4.69) is 0 Å². The molecule has 0 aliphatic carbocycles. The van der Waals surface area contributed by atoms with Gasteiger partial charge in [0.25, 0.3) is 15.9 Å². The Labute approximate surface area is 167 Å². The zero-order chi connectivity index (χ0) is 21.1. The average molecular weight is 429 g/mol. The number of carbonyl (C=O) groups is 2. The van der Waals surface area contributed by atoms with E-state index < -0.39 is 34.3 Å². The Morgan fingerprint density at radius 1 is 1.07 bits per heavy atom. The predicted molar refractivity (Wildman–Crippen MR) is 102 cm³/mol. The summed E-state index contributed by atoms with van der Waals surface area (Å²) in [4.78, 5) is 24.8. The summed E-state index contributed by atoms with van der Waals surface area (Å²) in [6.45, 7) is -0.505. The van der Waals surface area contributed by atoms with Crippen LogP contribution in [0.3, 0.4) is 0 Å². The van der Waals surface area contributed by atoms with Crippen molar-refractivity contribution in [2.24, 2.45) is 0 Å². The smallest absolute Gasteiger partial charge is 0.340 e. The van der Waals surface area contributed by atoms with Crippen LogP contribution in [0.1, 0.15) is 10.4 Å². The van der Waals surface area contributed by atoms with Crippen molar-refractivity contribution in [3.05, 3.63) is 58.9 Å². The Morgan fingerprint density at radius 2 is 1.68 bits per heavy atom. The first-order valence-corrected chi connectivity index (χ1v) is 9.77. The summed E-state index contributed by atoms with van der Waals surface area (Å²) in [5.74, 6) is -1.87. The minimum absolute atomic E-state index is 0.0225. The first kappa shape index (κ1) is 21.6. The van der Waals surface area contributed by atoms with E-state index in [9.17, 15) is 22.4 Å². The molecular formula is C18H18ClFN2O5S. The lowest BCUT2D eigenvalue weighted by atomic mass is 10.2. The standard InChI is InChI=1S/C18H18ClFN2O5S/c1-21(2)17(23)11-27-18(24)15-10-14(8-9-16(15)19)28(25,26)22(3)13-6-4-12(20)5-7-13/h4-10H,11H2,1-3H3. The molecule has 1 amide bonds. The Bertz CT molecular complexity index is 994. The molecule has 0 fully saturated rings. The molecule has 2 rings (SSSR count). The van der Waals surface area contributed by atoms with Gasteiger partial charge >= 0.3 is 5.97 Å². The highest BCUT2D eigenvalue weighted by Crippen LogP contribution is 2.26. The Hall–Kier alpha value is -2.65. The highest BCUT2D eigenvalue weighted by molar-refractivity contribution is 7.92. The molecule has 0 heterocycles. The second-order valence-corrected chi connectivity index (χ2v) is 8.33. The van der Waals surface area contributed by atoms with Crippen LogP contribution in [0.2, 0.25) is 5.02 Å². The molecule has 28 heavy (non-hydrogen) atoms. The maximum atomic E-state index is 13.1. The molecular weight excluding hydrogens is 411 g/mol. The number of benzene rings is 2. The lowest BCUT2D eigenvalue weighted by Crippen LogP contribution is -2.28. The van der Waals surface area contributed by atoms with Crippen LogP contribution >= 0.6 is 11.6 Å². The fourth-order valence-corrected chi connectivity index (χ4v) is 3.52. The van der Waals surface area contributed by atoms with E-state index >= 15 is 0 Å². The molecule has 0 aromatic heterocycles. The van der Waals surface area contributed by atoms with E-state index in [4.69, 9.17) is 16.3 Å². The molecule has 0 N–H and O–H groups in total. The molecule has 10 heteroatoms. The summed E-state index contributed by atoms with van der Waals surface area (Å²) in [6, 6.07) is 8.44. The summed E-state index contributed by atoms with van der Waals surface area (Å²) in [5, 5.41) is -0.0225. The van der Waals surface area contributed by atoms with Gasteiger partial charge in [0.15, 0.2) is 6.61 Å². The SMILES string of the molecule is CN(C)C(=O)COC(=O)c1cc(S(=O)(=O)N(C)c2ccc(F)cc2)ccc1Cl. The van der Waals surface area contributed by atoms with Crippen LogP contribution in [0.5, 0.6) is 0 Å². The molecule has 0 radical (unpaired) electrons. The van der Waals surface area contributed by atoms with Gasteiger partial charge in [-0.2, -0.15) is 0 Å². The number of halogens is 2. The average Bonchev–Trinajstić information content (AvgIpc) is 2.65. The number of hydrogen-bond donors (Lipinski definition) is 0. The molecule has 2 aromatic carbocycles. The molecule has 7 nitrogen and oxygen atoms in total. The molecule has 0 saturated carbocycles. The fraction of sp³-hybridized carbons (Fsp3) is 0.222. The number of carbonyl (C=O) groups excluding carboxylic acids is 2. The number of sulfonamides is 1. The summed E-state index contributed by atoms with van der Waals surface area (Å²) in [7, 11) is 0.247. The second-order valence-electron chi connectivity index (χ2n) is 5.95. The highest BCUT2D eigenvalue weighted by Gasteiger charge is 2.24. The number of amides is 1. The predicted octanol–water partition coefficient (Wildman–Crippen LogP) is 2.55. The number of hydrogen-bond acceptors (Lipinski definition) is 5. The molecule has 0 aliphatic heterocycles. The van der Waals surface area contributed by atoms with E-state index in [1.54, 1.807) is 0 Å². The highest BCUT2D eigenvalue weighted by atomic mass is 35.5. The molecule has 0 atom stereocenters. The van der Waals surface area contributed by atoms with Crippen molar-refractivity contribution in [3.8, 4) is 0 Å². The lowest BCUT2D eigenvalue weighted by molar-refractivity contribution is -0.131. The zero-order valence-electron chi connectivity index (χ0n) is 15.3. The molecule has 0 spiro atoms. The molecule has 2 aromatic rings. The number of rotatable bonds is 6. The molecule has 150 valence electrons. The van der Waals surface area contributed by atoms with Crippen LogP contribution < -0.4 is 4.31 Å². The third-order valence-corrected chi connectivity index (χ3v) is 5.94. The van der Waals surface area contributed by atoms with Gasteiger partial charge in [0, 0.05) is 21.1 Å². The summed E-state index contributed by atoms with van der Waals surface area (Å²) in [6.07, 6.45) is 0. The summed E-state index contributed by atoms with van der Waals surface area (Å²) in [5.41, 5.74) is 0.0406. The molecule has 0 aliphatic rings. The summed E-state index contributed by atoms with van der Waals surface area (Å²) >= 11 is 5.99. The van der Waals surface area contributed by atoms with E-state index in [0.717, 1.165) is 22.5 Å². The third kappa shape index (κ3) is 4.79. The van der Waals surface area contributed by atoms with Crippen LogP contribution in [0.25, 0.3) is 0 Å². The Morgan fingerprint density at radius 3 is 2.25 bits per heavy atom. The first-order chi connectivity index (χ1) is 13.0. The van der Waals surface area contributed by atoms with Crippen molar-refractivity contribution >= 4 is 39.2 Å². The quantitative estimate of drug-likeness (QED) is 0.660. The van der Waals surface area contributed by atoms with Crippen molar-refractivity contribution in [3.63, 3.8) is 0 Å². The van der Waals surface area contributed by atoms with Crippen LogP contribution in [-0.2, 0) is 19.6 Å². The number of likely N-dealkylation sites (N-methyl/N-ethyl adjacent to an activating group) is 1. The first-order valence-electron chi connectivity index (χ1n) is 7.95. The Kier molecular flexibility index (Phi) is 6.63. The van der Waals surface area contributed by atoms with Crippen molar-refractivity contribution in [2.75, 3.05) is 32.1 Å². The van der Waals surface area contributed by atoms with Gasteiger partial charge in [-0.1, -0.05) is 11.6 Å². The van der Waals surface area contributed by atoms with Crippen LogP contribution in [0.4, 0.5) is 10.1 Å². The van der Waals surface area contributed by atoms with Gasteiger partial charge in [0.2, 0.25) is 0 Å². The normalized spacial score (nSPS) is 11.0. The van der Waals surface area contributed by atoms with Crippen LogP contribution in [-0.4, -0.2) is 52.9 Å². The van der Waals surface area contributed by atoms with Gasteiger partial charge < -0.3 is 9.64 Å². The van der Waals surface area contributed by atoms with E-state index in [-0.39, 0.29) is 21.2 Å². The van der Waals surface area contributed by atoms with E-state index in [1.165, 1.54) is 50.3 Å². The number of nitrogens with zero attached hydrogens (tertiary/aromatic N) is 2. The van der Waals surface area contributed by atoms with Gasteiger partial charge in [-0.3, -0.25) is 9.10 Å². The third-order valence-electron chi connectivity index (χ3n) is 3.83. The van der Waals surface area contributed by atoms with Gasteiger partial charge in [0.05, 0.1) is 21.2 Å². The van der Waals surface area contributed by atoms with Crippen LogP contribution in [0.15, 0.2) is 47.4 Å². The van der Waals surface area contributed by atoms with Gasteiger partial charge in [0.1, 0.15) is 5.82 Å². The molecule has 0 saturated heterocycles. The van der Waals surface area contributed by atoms with E-state index in [1.807, 2.05) is 0 Å². The number of ether oxygens (including phenoxy) is 1. The number of esters is 1. The largest absolute Gasteiger partial charge is 0.452 e. The number of anilines is 1. The molecule has 0 bridgehead atoms. The monoisotopic (exact) mass is 428 g/mol.